The van der Waals surface area contributed by atoms with Gasteiger partial charge in [0.15, 0.2) is 0 Å². The number of aliphatic hydroxyl groups excluding tert-OH is 1. The predicted molar refractivity (Wildman–Crippen MR) is 68.9 cm³/mol. The first-order valence-corrected chi connectivity index (χ1v) is 6.09. The molecular weight excluding hydrogens is 254 g/mol. The molecule has 1 aromatic rings. The average molecular weight is 272 g/mol. The van der Waals surface area contributed by atoms with Gasteiger partial charge in [0, 0.05) is 25.3 Å². The largest absolute Gasteiger partial charge is 0.396 e. The van der Waals surface area contributed by atoms with Crippen molar-refractivity contribution in [1.82, 2.24) is 4.90 Å². The maximum atomic E-state index is 13.4. The molecule has 0 aliphatic heterocycles. The number of aliphatic hydroxyl groups is 1. The Hall–Kier alpha value is -1.69. The topological polar surface area (TPSA) is 52.6 Å². The number of rotatable bonds is 5. The highest BCUT2D eigenvalue weighted by Gasteiger charge is 2.17. The van der Waals surface area contributed by atoms with Crippen molar-refractivity contribution in [1.29, 1.82) is 0 Å². The molecular formula is C13H18F2N2O2. The Balaban J connectivity index is 2.75. The summed E-state index contributed by atoms with van der Waals surface area (Å²) in [5.74, 6) is -1.52. The molecule has 0 aromatic heterocycles. The van der Waals surface area contributed by atoms with E-state index in [1.54, 1.807) is 0 Å². The Morgan fingerprint density at radius 2 is 2.11 bits per heavy atom. The van der Waals surface area contributed by atoms with Crippen LogP contribution in [0.25, 0.3) is 0 Å². The summed E-state index contributed by atoms with van der Waals surface area (Å²) < 4.78 is 26.2. The van der Waals surface area contributed by atoms with Gasteiger partial charge in [0.05, 0.1) is 5.69 Å². The molecule has 0 unspecified atom stereocenters. The van der Waals surface area contributed by atoms with Crippen LogP contribution in [-0.2, 0) is 0 Å². The van der Waals surface area contributed by atoms with E-state index < -0.39 is 17.7 Å². The van der Waals surface area contributed by atoms with Gasteiger partial charge >= 0.3 is 6.03 Å². The summed E-state index contributed by atoms with van der Waals surface area (Å²) in [7, 11) is 0. The Labute approximate surface area is 111 Å². The summed E-state index contributed by atoms with van der Waals surface area (Å²) in [5, 5.41) is 11.2. The van der Waals surface area contributed by atoms with Crippen LogP contribution < -0.4 is 5.32 Å². The van der Waals surface area contributed by atoms with E-state index in [-0.39, 0.29) is 18.3 Å². The van der Waals surface area contributed by atoms with E-state index in [0.717, 1.165) is 6.07 Å². The first kappa shape index (κ1) is 15.4. The molecule has 0 radical (unpaired) electrons. The predicted octanol–water partition coefficient (Wildman–Crippen LogP) is 2.59. The minimum atomic E-state index is -0.820. The van der Waals surface area contributed by atoms with E-state index in [1.165, 1.54) is 11.0 Å². The van der Waals surface area contributed by atoms with Gasteiger partial charge in [0.1, 0.15) is 11.6 Å². The summed E-state index contributed by atoms with van der Waals surface area (Å²) >= 11 is 0. The third kappa shape index (κ3) is 4.48. The summed E-state index contributed by atoms with van der Waals surface area (Å²) in [6, 6.07) is 2.39. The highest BCUT2D eigenvalue weighted by atomic mass is 19.1. The van der Waals surface area contributed by atoms with Crippen molar-refractivity contribution >= 4 is 11.7 Å². The van der Waals surface area contributed by atoms with E-state index >= 15 is 0 Å². The molecule has 1 rings (SSSR count). The van der Waals surface area contributed by atoms with Crippen molar-refractivity contribution in [2.75, 3.05) is 18.5 Å². The number of amides is 2. The lowest BCUT2D eigenvalue weighted by atomic mass is 10.3. The second kappa shape index (κ2) is 7.04. The Bertz CT molecular complexity index is 439. The van der Waals surface area contributed by atoms with Crippen LogP contribution in [0.2, 0.25) is 0 Å². The van der Waals surface area contributed by atoms with E-state index in [1.807, 2.05) is 13.8 Å². The Morgan fingerprint density at radius 3 is 2.63 bits per heavy atom. The van der Waals surface area contributed by atoms with E-state index in [0.29, 0.717) is 19.0 Å². The fourth-order valence-corrected chi connectivity index (χ4v) is 1.61. The van der Waals surface area contributed by atoms with Crippen molar-refractivity contribution in [3.05, 3.63) is 29.8 Å². The zero-order valence-electron chi connectivity index (χ0n) is 11.0. The van der Waals surface area contributed by atoms with Crippen LogP contribution in [0.1, 0.15) is 20.3 Å². The zero-order chi connectivity index (χ0) is 14.4. The second-order valence-electron chi connectivity index (χ2n) is 4.42. The van der Waals surface area contributed by atoms with Gasteiger partial charge in [-0.15, -0.1) is 0 Å². The van der Waals surface area contributed by atoms with Crippen LogP contribution in [0, 0.1) is 11.6 Å². The smallest absolute Gasteiger partial charge is 0.322 e. The molecule has 19 heavy (non-hydrogen) atoms. The van der Waals surface area contributed by atoms with Crippen LogP contribution in [0.15, 0.2) is 18.2 Å². The van der Waals surface area contributed by atoms with Gasteiger partial charge in [-0.2, -0.15) is 0 Å². The molecule has 106 valence electrons. The standard InChI is InChI=1S/C13H18F2N2O2/c1-9(2)17(6-3-7-18)13(19)16-12-5-4-10(14)8-11(12)15/h4-5,8-9,18H,3,6-7H2,1-2H3,(H,16,19). The zero-order valence-corrected chi connectivity index (χ0v) is 11.0. The first-order valence-electron chi connectivity index (χ1n) is 6.09. The number of carbonyl (C=O) groups excluding carboxylic acids is 1. The number of nitrogens with zero attached hydrogens (tertiary/aromatic N) is 1. The number of hydrogen-bond acceptors (Lipinski definition) is 2. The molecule has 0 aliphatic rings. The van der Waals surface area contributed by atoms with Gasteiger partial charge in [-0.25, -0.2) is 13.6 Å². The van der Waals surface area contributed by atoms with Crippen molar-refractivity contribution < 1.29 is 18.7 Å². The highest BCUT2D eigenvalue weighted by molar-refractivity contribution is 5.89. The van der Waals surface area contributed by atoms with Crippen LogP contribution in [-0.4, -0.2) is 35.2 Å². The molecule has 2 amide bonds. The lowest BCUT2D eigenvalue weighted by Gasteiger charge is -2.26. The molecule has 1 aromatic carbocycles. The van der Waals surface area contributed by atoms with Crippen molar-refractivity contribution in [2.45, 2.75) is 26.3 Å². The molecule has 0 fully saturated rings. The maximum absolute atomic E-state index is 13.4. The van der Waals surface area contributed by atoms with Crippen molar-refractivity contribution in [3.8, 4) is 0 Å². The number of anilines is 1. The third-order valence-electron chi connectivity index (χ3n) is 2.61. The van der Waals surface area contributed by atoms with E-state index in [9.17, 15) is 13.6 Å². The van der Waals surface area contributed by atoms with Gasteiger partial charge in [-0.1, -0.05) is 0 Å². The molecule has 0 heterocycles. The van der Waals surface area contributed by atoms with Gasteiger partial charge in [-0.05, 0) is 32.4 Å². The second-order valence-corrected chi connectivity index (χ2v) is 4.42. The SMILES string of the molecule is CC(C)N(CCCO)C(=O)Nc1ccc(F)cc1F. The number of urea groups is 1. The molecule has 0 saturated heterocycles. The number of carbonyl (C=O) groups is 1. The van der Waals surface area contributed by atoms with Gasteiger partial charge in [0.2, 0.25) is 0 Å². The van der Waals surface area contributed by atoms with E-state index in [2.05, 4.69) is 5.32 Å². The molecule has 0 aliphatic carbocycles. The minimum absolute atomic E-state index is 0.0264. The number of nitrogens with one attached hydrogen (secondary N) is 1. The molecule has 0 saturated carbocycles. The van der Waals surface area contributed by atoms with Crippen LogP contribution in [0.5, 0.6) is 0 Å². The van der Waals surface area contributed by atoms with Crippen LogP contribution in [0.3, 0.4) is 0 Å². The maximum Gasteiger partial charge on any atom is 0.322 e. The summed E-state index contributed by atoms with van der Waals surface area (Å²) in [6.07, 6.45) is 0.442. The number of hydrogen-bond donors (Lipinski definition) is 2. The fourth-order valence-electron chi connectivity index (χ4n) is 1.61. The Morgan fingerprint density at radius 1 is 1.42 bits per heavy atom. The molecule has 6 heteroatoms. The Kier molecular flexibility index (Phi) is 5.69. The normalized spacial score (nSPS) is 10.6. The average Bonchev–Trinajstić information content (AvgIpc) is 2.33. The first-order chi connectivity index (χ1) is 8.95. The molecule has 0 spiro atoms. The van der Waals surface area contributed by atoms with Gasteiger partial charge in [-0.3, -0.25) is 0 Å². The monoisotopic (exact) mass is 272 g/mol. The minimum Gasteiger partial charge on any atom is -0.396 e. The molecule has 2 N–H and O–H groups in total. The highest BCUT2D eigenvalue weighted by Crippen LogP contribution is 2.16. The number of benzene rings is 1. The van der Waals surface area contributed by atoms with Gasteiger partial charge in [0.25, 0.3) is 0 Å². The van der Waals surface area contributed by atoms with Crippen LogP contribution in [0.4, 0.5) is 19.3 Å². The number of halogens is 2. The summed E-state index contributed by atoms with van der Waals surface area (Å²) in [6.45, 7) is 3.97. The molecule has 0 bridgehead atoms. The third-order valence-corrected chi connectivity index (χ3v) is 2.61. The fraction of sp³-hybridized carbons (Fsp3) is 0.462. The lowest BCUT2D eigenvalue weighted by Crippen LogP contribution is -2.41. The van der Waals surface area contributed by atoms with Crippen LogP contribution >= 0.6 is 0 Å². The van der Waals surface area contributed by atoms with E-state index in [4.69, 9.17) is 5.11 Å². The van der Waals surface area contributed by atoms with Crippen molar-refractivity contribution in [3.63, 3.8) is 0 Å². The quantitative estimate of drug-likeness (QED) is 0.865. The van der Waals surface area contributed by atoms with Gasteiger partial charge < -0.3 is 15.3 Å². The molecule has 4 nitrogen and oxygen atoms in total. The summed E-state index contributed by atoms with van der Waals surface area (Å²) in [4.78, 5) is 13.4. The van der Waals surface area contributed by atoms with Crippen molar-refractivity contribution in [2.24, 2.45) is 0 Å². The summed E-state index contributed by atoms with van der Waals surface area (Å²) in [5.41, 5.74) is -0.0685. The lowest BCUT2D eigenvalue weighted by molar-refractivity contribution is 0.186. The molecule has 0 atom stereocenters.